The molecule has 2 amide bonds. The van der Waals surface area contributed by atoms with Gasteiger partial charge < -0.3 is 29.0 Å². The predicted molar refractivity (Wildman–Crippen MR) is 104 cm³/mol. The first kappa shape index (κ1) is 19.9. The van der Waals surface area contributed by atoms with E-state index in [0.29, 0.717) is 29.5 Å². The van der Waals surface area contributed by atoms with Crippen LogP contribution >= 0.6 is 0 Å². The quantitative estimate of drug-likeness (QED) is 0.797. The van der Waals surface area contributed by atoms with Gasteiger partial charge in [-0.25, -0.2) is 4.79 Å². The molecule has 2 heterocycles. The number of nitrogens with one attached hydrogen (secondary N) is 1. The second-order valence-electron chi connectivity index (χ2n) is 7.00. The summed E-state index contributed by atoms with van der Waals surface area (Å²) >= 11 is 0. The Balaban J connectivity index is 1.80. The van der Waals surface area contributed by atoms with Crippen LogP contribution in [0.3, 0.4) is 0 Å². The second kappa shape index (κ2) is 8.41. The van der Waals surface area contributed by atoms with Crippen LogP contribution in [0.25, 0.3) is 0 Å². The number of methoxy groups -OCH3 is 3. The van der Waals surface area contributed by atoms with Gasteiger partial charge >= 0.3 is 6.03 Å². The van der Waals surface area contributed by atoms with E-state index in [1.165, 1.54) is 21.3 Å². The molecule has 0 radical (unpaired) electrons. The zero-order chi connectivity index (χ0) is 20.3. The molecule has 0 bridgehead atoms. The molecule has 1 aliphatic heterocycles. The third-order valence-corrected chi connectivity index (χ3v) is 4.90. The van der Waals surface area contributed by atoms with Crippen LogP contribution in [0.1, 0.15) is 50.1 Å². The maximum Gasteiger partial charge on any atom is 0.322 e. The van der Waals surface area contributed by atoms with Gasteiger partial charge in [-0.2, -0.15) is 0 Å². The molecule has 3 rings (SSSR count). The number of benzene rings is 1. The maximum absolute atomic E-state index is 12.9. The van der Waals surface area contributed by atoms with Crippen molar-refractivity contribution in [2.75, 3.05) is 33.2 Å². The van der Waals surface area contributed by atoms with Crippen LogP contribution in [0.2, 0.25) is 0 Å². The van der Waals surface area contributed by atoms with E-state index in [0.717, 1.165) is 24.3 Å². The van der Waals surface area contributed by atoms with E-state index < -0.39 is 0 Å². The molecule has 0 spiro atoms. The molecule has 2 aromatic rings. The number of carbonyl (C=O) groups excluding carboxylic acids is 1. The Hall–Kier alpha value is -2.90. The molecule has 0 aliphatic carbocycles. The topological polar surface area (TPSA) is 86.1 Å². The lowest BCUT2D eigenvalue weighted by molar-refractivity contribution is 0.195. The molecule has 1 N–H and O–H groups in total. The Kier molecular flexibility index (Phi) is 5.96. The molecule has 1 aromatic carbocycles. The minimum Gasteiger partial charge on any atom is -0.493 e. The summed E-state index contributed by atoms with van der Waals surface area (Å²) in [5.74, 6) is 2.44. The highest BCUT2D eigenvalue weighted by atomic mass is 16.5. The summed E-state index contributed by atoms with van der Waals surface area (Å²) in [6, 6.07) is 5.02. The Morgan fingerprint density at radius 2 is 1.86 bits per heavy atom. The molecule has 1 unspecified atom stereocenters. The van der Waals surface area contributed by atoms with E-state index in [9.17, 15) is 4.79 Å². The highest BCUT2D eigenvalue weighted by Gasteiger charge is 2.33. The van der Waals surface area contributed by atoms with Crippen LogP contribution in [0, 0.1) is 0 Å². The molecule has 28 heavy (non-hydrogen) atoms. The number of nitrogens with zero attached hydrogens (tertiary/aromatic N) is 2. The number of carbonyl (C=O) groups is 1. The minimum atomic E-state index is -0.209. The zero-order valence-electron chi connectivity index (χ0n) is 16.9. The van der Waals surface area contributed by atoms with Gasteiger partial charge in [0.15, 0.2) is 17.3 Å². The molecule has 1 atom stereocenters. The van der Waals surface area contributed by atoms with Gasteiger partial charge in [0.1, 0.15) is 0 Å². The standard InChI is InChI=1S/C20H27N3O5/c1-12(2)14-11-16(28-22-14)15-7-6-8-23(15)20(24)21-13-9-17(25-3)19(27-5)18(10-13)26-4/h9-12,15H,6-8H2,1-5H3,(H,21,24). The summed E-state index contributed by atoms with van der Waals surface area (Å²) in [7, 11) is 4.61. The number of amides is 2. The van der Waals surface area contributed by atoms with Gasteiger partial charge in [-0.3, -0.25) is 0 Å². The van der Waals surface area contributed by atoms with Crippen LogP contribution in [-0.4, -0.2) is 44.0 Å². The summed E-state index contributed by atoms with van der Waals surface area (Å²) in [6.07, 6.45) is 1.75. The van der Waals surface area contributed by atoms with Crippen LogP contribution in [0.4, 0.5) is 10.5 Å². The van der Waals surface area contributed by atoms with Crippen LogP contribution in [0.5, 0.6) is 17.2 Å². The van der Waals surface area contributed by atoms with Gasteiger partial charge in [-0.05, 0) is 18.8 Å². The van der Waals surface area contributed by atoms with Crippen molar-refractivity contribution < 1.29 is 23.5 Å². The third-order valence-electron chi connectivity index (χ3n) is 4.90. The minimum absolute atomic E-state index is 0.123. The van der Waals surface area contributed by atoms with Gasteiger partial charge in [-0.1, -0.05) is 19.0 Å². The van der Waals surface area contributed by atoms with Gasteiger partial charge in [0.2, 0.25) is 5.75 Å². The molecule has 1 saturated heterocycles. The summed E-state index contributed by atoms with van der Waals surface area (Å²) in [5, 5.41) is 7.05. The fraction of sp³-hybridized carbons (Fsp3) is 0.500. The molecule has 1 aliphatic rings. The summed E-state index contributed by atoms with van der Waals surface area (Å²) in [5.41, 5.74) is 1.46. The van der Waals surface area contributed by atoms with Crippen molar-refractivity contribution in [2.45, 2.75) is 38.6 Å². The monoisotopic (exact) mass is 389 g/mol. The Bertz CT molecular complexity index is 808. The van der Waals surface area contributed by atoms with Crippen molar-refractivity contribution in [3.63, 3.8) is 0 Å². The van der Waals surface area contributed by atoms with E-state index in [1.807, 2.05) is 6.07 Å². The lowest BCUT2D eigenvalue weighted by Crippen LogP contribution is -2.34. The average molecular weight is 389 g/mol. The summed E-state index contributed by atoms with van der Waals surface area (Å²) in [6.45, 7) is 4.77. The van der Waals surface area contributed by atoms with Crippen LogP contribution < -0.4 is 19.5 Å². The molecular formula is C20H27N3O5. The Morgan fingerprint density at radius 1 is 1.18 bits per heavy atom. The number of rotatable bonds is 6. The molecule has 8 heteroatoms. The van der Waals surface area contributed by atoms with Crippen molar-refractivity contribution in [3.05, 3.63) is 29.7 Å². The number of aromatic nitrogens is 1. The van der Waals surface area contributed by atoms with Crippen LogP contribution in [-0.2, 0) is 0 Å². The summed E-state index contributed by atoms with van der Waals surface area (Å²) in [4.78, 5) is 14.7. The Morgan fingerprint density at radius 3 is 2.39 bits per heavy atom. The number of hydrogen-bond donors (Lipinski definition) is 1. The smallest absolute Gasteiger partial charge is 0.322 e. The normalized spacial score (nSPS) is 16.4. The van der Waals surface area contributed by atoms with E-state index in [2.05, 4.69) is 24.3 Å². The van der Waals surface area contributed by atoms with E-state index in [1.54, 1.807) is 17.0 Å². The maximum atomic E-state index is 12.9. The van der Waals surface area contributed by atoms with E-state index in [-0.39, 0.29) is 18.0 Å². The number of hydrogen-bond acceptors (Lipinski definition) is 6. The zero-order valence-corrected chi connectivity index (χ0v) is 16.9. The van der Waals surface area contributed by atoms with Crippen molar-refractivity contribution in [2.24, 2.45) is 0 Å². The SMILES string of the molecule is COc1cc(NC(=O)N2CCCC2c2cc(C(C)C)no2)cc(OC)c1OC. The first-order valence-corrected chi connectivity index (χ1v) is 9.32. The van der Waals surface area contributed by atoms with Crippen molar-refractivity contribution in [3.8, 4) is 17.2 Å². The first-order valence-electron chi connectivity index (χ1n) is 9.32. The van der Waals surface area contributed by atoms with Gasteiger partial charge in [0.25, 0.3) is 0 Å². The fourth-order valence-electron chi connectivity index (χ4n) is 3.39. The second-order valence-corrected chi connectivity index (χ2v) is 7.00. The number of anilines is 1. The van der Waals surface area contributed by atoms with E-state index in [4.69, 9.17) is 18.7 Å². The van der Waals surface area contributed by atoms with Crippen molar-refractivity contribution in [1.29, 1.82) is 0 Å². The fourth-order valence-corrected chi connectivity index (χ4v) is 3.39. The van der Waals surface area contributed by atoms with Gasteiger partial charge in [-0.15, -0.1) is 0 Å². The predicted octanol–water partition coefficient (Wildman–Crippen LogP) is 4.19. The Labute approximate surface area is 164 Å². The van der Waals surface area contributed by atoms with Crippen molar-refractivity contribution in [1.82, 2.24) is 10.1 Å². The largest absolute Gasteiger partial charge is 0.493 e. The molecule has 0 saturated carbocycles. The molecular weight excluding hydrogens is 362 g/mol. The number of ether oxygens (including phenoxy) is 3. The van der Waals surface area contributed by atoms with E-state index >= 15 is 0 Å². The number of urea groups is 1. The summed E-state index contributed by atoms with van der Waals surface area (Å²) < 4.78 is 21.5. The van der Waals surface area contributed by atoms with Crippen LogP contribution in [0.15, 0.2) is 22.7 Å². The van der Waals surface area contributed by atoms with Gasteiger partial charge in [0.05, 0.1) is 38.8 Å². The lowest BCUT2D eigenvalue weighted by Gasteiger charge is -2.23. The molecule has 8 nitrogen and oxygen atoms in total. The molecule has 152 valence electrons. The molecule has 1 fully saturated rings. The average Bonchev–Trinajstić information content (AvgIpc) is 3.36. The van der Waals surface area contributed by atoms with Gasteiger partial charge in [0, 0.05) is 24.7 Å². The number of likely N-dealkylation sites (tertiary alicyclic amines) is 1. The van der Waals surface area contributed by atoms with Crippen molar-refractivity contribution >= 4 is 11.7 Å². The molecule has 1 aromatic heterocycles. The highest BCUT2D eigenvalue weighted by molar-refractivity contribution is 5.90. The highest BCUT2D eigenvalue weighted by Crippen LogP contribution is 2.40. The third kappa shape index (κ3) is 3.85. The first-order chi connectivity index (χ1) is 13.5. The lowest BCUT2D eigenvalue weighted by atomic mass is 10.1.